The van der Waals surface area contributed by atoms with Crippen LogP contribution in [0, 0.1) is 12.8 Å². The quantitative estimate of drug-likeness (QED) is 0.589. The summed E-state index contributed by atoms with van der Waals surface area (Å²) in [5, 5.41) is 6.12. The summed E-state index contributed by atoms with van der Waals surface area (Å²) < 4.78 is 28.9. The van der Waals surface area contributed by atoms with Crippen LogP contribution in [-0.2, 0) is 10.0 Å². The number of halogens is 1. The van der Waals surface area contributed by atoms with Crippen LogP contribution in [0.2, 0.25) is 0 Å². The summed E-state index contributed by atoms with van der Waals surface area (Å²) in [7, 11) is -3.65. The Kier molecular flexibility index (Phi) is 7.10. The first kappa shape index (κ1) is 22.0. The first-order valence-electron chi connectivity index (χ1n) is 9.67. The van der Waals surface area contributed by atoms with Crippen molar-refractivity contribution in [2.45, 2.75) is 37.6 Å². The zero-order chi connectivity index (χ0) is 21.0. The van der Waals surface area contributed by atoms with E-state index in [1.807, 2.05) is 32.0 Å². The van der Waals surface area contributed by atoms with Crippen molar-refractivity contribution in [3.8, 4) is 0 Å². The summed E-state index contributed by atoms with van der Waals surface area (Å²) >= 11 is 3.39. The summed E-state index contributed by atoms with van der Waals surface area (Å²) in [5.41, 5.74) is 1.97. The molecule has 0 saturated carbocycles. The second-order valence-corrected chi connectivity index (χ2v) is 9.98. The number of sulfonamides is 1. The summed E-state index contributed by atoms with van der Waals surface area (Å²) in [4.78, 5) is 12.7. The van der Waals surface area contributed by atoms with E-state index in [0.717, 1.165) is 31.5 Å². The number of hydrogen-bond acceptors (Lipinski definition) is 4. The first-order valence-corrected chi connectivity index (χ1v) is 11.9. The van der Waals surface area contributed by atoms with E-state index in [0.29, 0.717) is 21.6 Å². The molecule has 2 aromatic carbocycles. The lowest BCUT2D eigenvalue weighted by Crippen LogP contribution is -2.42. The Labute approximate surface area is 180 Å². The monoisotopic (exact) mass is 479 g/mol. The lowest BCUT2D eigenvalue weighted by Gasteiger charge is -2.28. The number of rotatable bonds is 6. The highest BCUT2D eigenvalue weighted by Gasteiger charge is 2.25. The van der Waals surface area contributed by atoms with Gasteiger partial charge in [-0.2, -0.15) is 0 Å². The molecule has 0 aliphatic carbocycles. The largest absolute Gasteiger partial charge is 0.321 e. The minimum Gasteiger partial charge on any atom is -0.321 e. The van der Waals surface area contributed by atoms with E-state index in [-0.39, 0.29) is 16.8 Å². The summed E-state index contributed by atoms with van der Waals surface area (Å²) in [5.74, 6) is 0.0826. The molecule has 3 rings (SSSR count). The van der Waals surface area contributed by atoms with Crippen LogP contribution in [0.5, 0.6) is 0 Å². The Morgan fingerprint density at radius 1 is 1.17 bits per heavy atom. The number of nitrogens with one attached hydrogen (secondary N) is 3. The van der Waals surface area contributed by atoms with Gasteiger partial charge in [-0.1, -0.05) is 18.2 Å². The Morgan fingerprint density at radius 3 is 2.52 bits per heavy atom. The van der Waals surface area contributed by atoms with E-state index in [4.69, 9.17) is 0 Å². The third kappa shape index (κ3) is 5.45. The predicted octanol–water partition coefficient (Wildman–Crippen LogP) is 3.68. The summed E-state index contributed by atoms with van der Waals surface area (Å²) in [6.07, 6.45) is 1.91. The van der Waals surface area contributed by atoms with E-state index in [2.05, 4.69) is 31.3 Å². The van der Waals surface area contributed by atoms with Crippen molar-refractivity contribution in [2.75, 3.05) is 18.4 Å². The number of amides is 1. The minimum absolute atomic E-state index is 0.138. The van der Waals surface area contributed by atoms with Crippen LogP contribution in [0.3, 0.4) is 0 Å². The van der Waals surface area contributed by atoms with Gasteiger partial charge in [0.15, 0.2) is 0 Å². The molecule has 3 N–H and O–H groups in total. The molecule has 1 amide bonds. The summed E-state index contributed by atoms with van der Waals surface area (Å²) in [6, 6.07) is 11.8. The fraction of sp³-hybridized carbons (Fsp3) is 0.381. The molecule has 1 aliphatic rings. The first-order chi connectivity index (χ1) is 13.8. The topological polar surface area (TPSA) is 87.3 Å². The molecule has 1 heterocycles. The minimum atomic E-state index is -3.65. The van der Waals surface area contributed by atoms with Gasteiger partial charge in [-0.25, -0.2) is 13.1 Å². The Morgan fingerprint density at radius 2 is 1.86 bits per heavy atom. The van der Waals surface area contributed by atoms with Gasteiger partial charge in [0.05, 0.1) is 10.6 Å². The van der Waals surface area contributed by atoms with Crippen molar-refractivity contribution in [2.24, 2.45) is 5.92 Å². The maximum absolute atomic E-state index is 12.8. The summed E-state index contributed by atoms with van der Waals surface area (Å²) in [6.45, 7) is 5.61. The molecule has 1 aliphatic heterocycles. The number of carbonyl (C=O) groups is 1. The molecule has 0 bridgehead atoms. The lowest BCUT2D eigenvalue weighted by molar-refractivity contribution is 0.102. The molecule has 29 heavy (non-hydrogen) atoms. The number of benzene rings is 2. The number of carbonyl (C=O) groups excluding carboxylic acids is 1. The SMILES string of the molecule is Cc1ccccc1C(=O)Nc1ccc(S(=O)(=O)N[C@H](C)C2CCNCC2)cc1Br. The van der Waals surface area contributed by atoms with E-state index in [1.165, 1.54) is 12.1 Å². The van der Waals surface area contributed by atoms with Crippen LogP contribution in [0.1, 0.15) is 35.7 Å². The van der Waals surface area contributed by atoms with E-state index < -0.39 is 10.0 Å². The van der Waals surface area contributed by atoms with Crippen LogP contribution >= 0.6 is 15.9 Å². The average Bonchev–Trinajstić information content (AvgIpc) is 2.70. The van der Waals surface area contributed by atoms with Gasteiger partial charge in [-0.05, 0) is 91.5 Å². The second kappa shape index (κ2) is 9.38. The predicted molar refractivity (Wildman–Crippen MR) is 119 cm³/mol. The molecule has 156 valence electrons. The number of hydrogen-bond donors (Lipinski definition) is 3. The van der Waals surface area contributed by atoms with E-state index >= 15 is 0 Å². The van der Waals surface area contributed by atoms with Gasteiger partial charge in [-0.3, -0.25) is 4.79 Å². The highest BCUT2D eigenvalue weighted by atomic mass is 79.9. The zero-order valence-electron chi connectivity index (χ0n) is 16.5. The molecular weight excluding hydrogens is 454 g/mol. The van der Waals surface area contributed by atoms with E-state index in [1.54, 1.807) is 12.1 Å². The molecule has 1 atom stereocenters. The number of anilines is 1. The molecule has 8 heteroatoms. The molecule has 1 fully saturated rings. The second-order valence-electron chi connectivity index (χ2n) is 7.41. The van der Waals surface area contributed by atoms with Gasteiger partial charge in [0.2, 0.25) is 10.0 Å². The molecule has 0 radical (unpaired) electrons. The smallest absolute Gasteiger partial charge is 0.255 e. The maximum Gasteiger partial charge on any atom is 0.255 e. The molecule has 0 spiro atoms. The fourth-order valence-corrected chi connectivity index (χ4v) is 5.50. The van der Waals surface area contributed by atoms with Crippen molar-refractivity contribution < 1.29 is 13.2 Å². The highest BCUT2D eigenvalue weighted by molar-refractivity contribution is 9.10. The molecule has 0 unspecified atom stereocenters. The fourth-order valence-electron chi connectivity index (χ4n) is 3.53. The Bertz CT molecular complexity index is 988. The molecule has 1 saturated heterocycles. The highest BCUT2D eigenvalue weighted by Crippen LogP contribution is 2.27. The van der Waals surface area contributed by atoms with Crippen LogP contribution in [0.25, 0.3) is 0 Å². The average molecular weight is 480 g/mol. The number of piperidine rings is 1. The van der Waals surface area contributed by atoms with Crippen molar-refractivity contribution in [1.29, 1.82) is 0 Å². The molecule has 6 nitrogen and oxygen atoms in total. The Hall–Kier alpha value is -1.74. The van der Waals surface area contributed by atoms with Gasteiger partial charge in [-0.15, -0.1) is 0 Å². The normalized spacial score (nSPS) is 16.4. The number of aryl methyl sites for hydroxylation is 1. The van der Waals surface area contributed by atoms with Crippen molar-refractivity contribution in [1.82, 2.24) is 10.0 Å². The van der Waals surface area contributed by atoms with Crippen molar-refractivity contribution >= 4 is 37.5 Å². The maximum atomic E-state index is 12.8. The van der Waals surface area contributed by atoms with Crippen LogP contribution in [0.4, 0.5) is 5.69 Å². The van der Waals surface area contributed by atoms with Gasteiger partial charge in [0.25, 0.3) is 5.91 Å². The third-order valence-electron chi connectivity index (χ3n) is 5.32. The van der Waals surface area contributed by atoms with E-state index in [9.17, 15) is 13.2 Å². The molecule has 0 aromatic heterocycles. The molecule has 2 aromatic rings. The van der Waals surface area contributed by atoms with Gasteiger partial charge in [0.1, 0.15) is 0 Å². The Balaban J connectivity index is 1.72. The van der Waals surface area contributed by atoms with Crippen LogP contribution < -0.4 is 15.4 Å². The van der Waals surface area contributed by atoms with Crippen molar-refractivity contribution in [3.63, 3.8) is 0 Å². The lowest BCUT2D eigenvalue weighted by atomic mass is 9.92. The molecular formula is C21H26BrN3O3S. The van der Waals surface area contributed by atoms with Crippen LogP contribution in [0.15, 0.2) is 51.8 Å². The van der Waals surface area contributed by atoms with Crippen LogP contribution in [-0.4, -0.2) is 33.5 Å². The van der Waals surface area contributed by atoms with Gasteiger partial charge < -0.3 is 10.6 Å². The van der Waals surface area contributed by atoms with Gasteiger partial charge in [0, 0.05) is 16.1 Å². The third-order valence-corrected chi connectivity index (χ3v) is 7.53. The van der Waals surface area contributed by atoms with Gasteiger partial charge >= 0.3 is 0 Å². The zero-order valence-corrected chi connectivity index (χ0v) is 18.9. The van der Waals surface area contributed by atoms with Crippen molar-refractivity contribution in [3.05, 3.63) is 58.1 Å². The standard InChI is InChI=1S/C21H26BrN3O3S/c1-14-5-3-4-6-18(14)21(26)24-20-8-7-17(13-19(20)22)29(27,28)25-15(2)16-9-11-23-12-10-16/h3-8,13,15-16,23,25H,9-12H2,1-2H3,(H,24,26)/t15-/m1/s1.